The highest BCUT2D eigenvalue weighted by Gasteiger charge is 2.16. The maximum Gasteiger partial charge on any atom is 0.169 e. The van der Waals surface area contributed by atoms with Gasteiger partial charge in [0.15, 0.2) is 5.78 Å². The Morgan fingerprint density at radius 1 is 1.14 bits per heavy atom. The van der Waals surface area contributed by atoms with Crippen LogP contribution in [-0.4, -0.2) is 17.9 Å². The number of hydrogen-bond acceptors (Lipinski definition) is 2. The first kappa shape index (κ1) is 13.4. The molecular weight excluding hydrogens is 262 g/mol. The van der Waals surface area contributed by atoms with Gasteiger partial charge < -0.3 is 9.72 Å². The fraction of sp³-hybridized carbons (Fsp3) is 0.167. The van der Waals surface area contributed by atoms with Gasteiger partial charge in [-0.2, -0.15) is 0 Å². The molecule has 106 valence electrons. The number of ether oxygens (including phenoxy) is 1. The number of aromatic nitrogens is 1. The normalized spacial score (nSPS) is 10.8. The van der Waals surface area contributed by atoms with Crippen LogP contribution in [0.5, 0.6) is 5.75 Å². The predicted octanol–water partition coefficient (Wildman–Crippen LogP) is 3.91. The van der Waals surface area contributed by atoms with E-state index in [-0.39, 0.29) is 5.78 Å². The molecule has 0 fully saturated rings. The number of rotatable bonds is 4. The second kappa shape index (κ2) is 5.44. The van der Waals surface area contributed by atoms with Gasteiger partial charge >= 0.3 is 0 Å². The molecule has 0 unspecified atom stereocenters. The van der Waals surface area contributed by atoms with Crippen molar-refractivity contribution < 1.29 is 9.53 Å². The van der Waals surface area contributed by atoms with Crippen LogP contribution < -0.4 is 4.74 Å². The largest absolute Gasteiger partial charge is 0.496 e. The molecule has 3 heteroatoms. The molecule has 2 aromatic carbocycles. The number of aryl methyl sites for hydroxylation is 1. The summed E-state index contributed by atoms with van der Waals surface area (Å²) in [6, 6.07) is 13.7. The summed E-state index contributed by atoms with van der Waals surface area (Å²) in [6.45, 7) is 2.03. The zero-order chi connectivity index (χ0) is 14.8. The fourth-order valence-electron chi connectivity index (χ4n) is 2.62. The molecule has 0 saturated carbocycles. The average molecular weight is 279 g/mol. The summed E-state index contributed by atoms with van der Waals surface area (Å²) < 4.78 is 5.38. The Bertz CT molecular complexity index is 802. The maximum absolute atomic E-state index is 12.6. The highest BCUT2D eigenvalue weighted by atomic mass is 16.5. The predicted molar refractivity (Wildman–Crippen MR) is 84.1 cm³/mol. The van der Waals surface area contributed by atoms with Crippen LogP contribution in [0.1, 0.15) is 21.5 Å². The number of hydrogen-bond donors (Lipinski definition) is 1. The highest BCUT2D eigenvalue weighted by Crippen LogP contribution is 2.29. The number of benzene rings is 2. The van der Waals surface area contributed by atoms with Crippen LogP contribution in [0.4, 0.5) is 0 Å². The topological polar surface area (TPSA) is 42.1 Å². The van der Waals surface area contributed by atoms with Crippen molar-refractivity contribution in [2.24, 2.45) is 0 Å². The minimum Gasteiger partial charge on any atom is -0.496 e. The molecule has 0 aliphatic heterocycles. The van der Waals surface area contributed by atoms with Crippen LogP contribution in [0.2, 0.25) is 0 Å². The van der Waals surface area contributed by atoms with Gasteiger partial charge in [0.2, 0.25) is 0 Å². The van der Waals surface area contributed by atoms with Crippen molar-refractivity contribution in [3.8, 4) is 5.75 Å². The third kappa shape index (κ3) is 2.42. The molecule has 3 aromatic rings. The highest BCUT2D eigenvalue weighted by molar-refractivity contribution is 6.10. The van der Waals surface area contributed by atoms with Crippen molar-refractivity contribution in [1.29, 1.82) is 0 Å². The second-order valence-electron chi connectivity index (χ2n) is 5.11. The molecule has 0 aliphatic rings. The Kier molecular flexibility index (Phi) is 3.48. The molecule has 0 saturated heterocycles. The van der Waals surface area contributed by atoms with E-state index in [1.807, 2.05) is 49.4 Å². The van der Waals surface area contributed by atoms with Crippen LogP contribution in [0, 0.1) is 6.92 Å². The molecule has 0 bridgehead atoms. The van der Waals surface area contributed by atoms with Gasteiger partial charge in [0.25, 0.3) is 0 Å². The molecular formula is C18H17NO2. The third-order valence-corrected chi connectivity index (χ3v) is 3.80. The Morgan fingerprint density at radius 3 is 2.71 bits per heavy atom. The van der Waals surface area contributed by atoms with E-state index >= 15 is 0 Å². The van der Waals surface area contributed by atoms with Gasteiger partial charge in [-0.3, -0.25) is 4.79 Å². The van der Waals surface area contributed by atoms with Crippen molar-refractivity contribution >= 4 is 16.7 Å². The lowest BCUT2D eigenvalue weighted by molar-refractivity contribution is 0.0994. The van der Waals surface area contributed by atoms with E-state index in [4.69, 9.17) is 4.74 Å². The number of Topliss-reactive ketones (excluding diaryl/α,β-unsaturated/α-hetero) is 1. The molecule has 1 N–H and O–H groups in total. The molecule has 0 radical (unpaired) electrons. The minimum absolute atomic E-state index is 0.0973. The summed E-state index contributed by atoms with van der Waals surface area (Å²) in [4.78, 5) is 15.8. The maximum atomic E-state index is 12.6. The standard InChI is InChI=1S/C18H17NO2/c1-12-6-3-4-7-13(12)10-16(20)14-11-19-15-8-5-9-17(21-2)18(14)15/h3-9,11,19H,10H2,1-2H3. The lowest BCUT2D eigenvalue weighted by Crippen LogP contribution is -2.04. The van der Waals surface area contributed by atoms with Crippen molar-refractivity contribution in [2.45, 2.75) is 13.3 Å². The van der Waals surface area contributed by atoms with E-state index < -0.39 is 0 Å². The molecule has 0 aliphatic carbocycles. The van der Waals surface area contributed by atoms with Crippen molar-refractivity contribution in [3.05, 3.63) is 65.4 Å². The van der Waals surface area contributed by atoms with E-state index in [2.05, 4.69) is 4.98 Å². The molecule has 0 amide bonds. The number of aromatic amines is 1. The quantitative estimate of drug-likeness (QED) is 0.736. The molecule has 1 heterocycles. The summed E-state index contributed by atoms with van der Waals surface area (Å²) in [5, 5.41) is 0.860. The number of methoxy groups -OCH3 is 1. The number of ketones is 1. The fourth-order valence-corrected chi connectivity index (χ4v) is 2.62. The molecule has 3 nitrogen and oxygen atoms in total. The summed E-state index contributed by atoms with van der Waals surface area (Å²) in [5.74, 6) is 0.821. The number of nitrogens with one attached hydrogen (secondary N) is 1. The van der Waals surface area contributed by atoms with Crippen LogP contribution in [0.25, 0.3) is 10.9 Å². The second-order valence-corrected chi connectivity index (χ2v) is 5.11. The summed E-state index contributed by atoms with van der Waals surface area (Å²) in [7, 11) is 1.62. The van der Waals surface area contributed by atoms with Crippen LogP contribution in [0.15, 0.2) is 48.7 Å². The molecule has 1 aromatic heterocycles. The van der Waals surface area contributed by atoms with E-state index in [9.17, 15) is 4.79 Å². The van der Waals surface area contributed by atoms with E-state index in [0.717, 1.165) is 27.8 Å². The van der Waals surface area contributed by atoms with Gasteiger partial charge in [0.05, 0.1) is 12.5 Å². The smallest absolute Gasteiger partial charge is 0.169 e. The average Bonchev–Trinajstić information content (AvgIpc) is 2.93. The van der Waals surface area contributed by atoms with Crippen LogP contribution in [-0.2, 0) is 6.42 Å². The monoisotopic (exact) mass is 279 g/mol. The SMILES string of the molecule is COc1cccc2[nH]cc(C(=O)Cc3ccccc3C)c12. The Morgan fingerprint density at radius 2 is 1.95 bits per heavy atom. The summed E-state index contributed by atoms with van der Waals surface area (Å²) in [6.07, 6.45) is 2.17. The van der Waals surface area contributed by atoms with Gasteiger partial charge in [0.1, 0.15) is 5.75 Å². The number of H-pyrrole nitrogens is 1. The van der Waals surface area contributed by atoms with Gasteiger partial charge in [-0.25, -0.2) is 0 Å². The first-order chi connectivity index (χ1) is 10.2. The van der Waals surface area contributed by atoms with Crippen molar-refractivity contribution in [2.75, 3.05) is 7.11 Å². The minimum atomic E-state index is 0.0973. The lowest BCUT2D eigenvalue weighted by Gasteiger charge is -2.06. The Labute approximate surface area is 123 Å². The summed E-state index contributed by atoms with van der Waals surface area (Å²) in [5.41, 5.74) is 3.80. The number of carbonyl (C=O) groups is 1. The van der Waals surface area contributed by atoms with Gasteiger partial charge in [-0.1, -0.05) is 30.3 Å². The Hall–Kier alpha value is -2.55. The number of fused-ring (bicyclic) bond motifs is 1. The van der Waals surface area contributed by atoms with Crippen LogP contribution >= 0.6 is 0 Å². The molecule has 3 rings (SSSR count). The van der Waals surface area contributed by atoms with Crippen molar-refractivity contribution in [1.82, 2.24) is 4.98 Å². The molecule has 0 spiro atoms. The van der Waals surface area contributed by atoms with Gasteiger partial charge in [0, 0.05) is 23.7 Å². The molecule has 21 heavy (non-hydrogen) atoms. The lowest BCUT2D eigenvalue weighted by atomic mass is 9.99. The third-order valence-electron chi connectivity index (χ3n) is 3.80. The van der Waals surface area contributed by atoms with Gasteiger partial charge in [-0.15, -0.1) is 0 Å². The molecule has 0 atom stereocenters. The van der Waals surface area contributed by atoms with Crippen LogP contribution in [0.3, 0.4) is 0 Å². The number of carbonyl (C=O) groups excluding carboxylic acids is 1. The van der Waals surface area contributed by atoms with E-state index in [1.54, 1.807) is 13.3 Å². The Balaban J connectivity index is 2.01. The zero-order valence-electron chi connectivity index (χ0n) is 12.1. The van der Waals surface area contributed by atoms with E-state index in [0.29, 0.717) is 12.0 Å². The van der Waals surface area contributed by atoms with Gasteiger partial charge in [-0.05, 0) is 30.2 Å². The summed E-state index contributed by atoms with van der Waals surface area (Å²) >= 11 is 0. The van der Waals surface area contributed by atoms with Crippen molar-refractivity contribution in [3.63, 3.8) is 0 Å². The van der Waals surface area contributed by atoms with E-state index in [1.165, 1.54) is 0 Å². The first-order valence-corrected chi connectivity index (χ1v) is 6.92. The first-order valence-electron chi connectivity index (χ1n) is 6.92. The zero-order valence-corrected chi connectivity index (χ0v) is 12.1.